The fourth-order valence-corrected chi connectivity index (χ4v) is 6.04. The van der Waals surface area contributed by atoms with Crippen molar-refractivity contribution in [2.45, 2.75) is 45.7 Å². The molecule has 8 heteroatoms. The number of nitrogens with zero attached hydrogens (tertiary/aromatic N) is 5. The van der Waals surface area contributed by atoms with Crippen molar-refractivity contribution in [2.75, 3.05) is 24.5 Å². The van der Waals surface area contributed by atoms with E-state index < -0.39 is 5.82 Å². The van der Waals surface area contributed by atoms with Gasteiger partial charge in [-0.05, 0) is 56.9 Å². The molecule has 1 aliphatic heterocycles. The minimum atomic E-state index is -0.420. The van der Waals surface area contributed by atoms with E-state index in [0.717, 1.165) is 46.1 Å². The summed E-state index contributed by atoms with van der Waals surface area (Å²) >= 11 is 6.93. The molecule has 0 unspecified atom stereocenters. The standard InChI is InChI=1S/C29H29ClFN5O/c1-5-23(37)35-11-10-34(15-18(35)4)28-17(3)13-32-27-21(28)12-22(30)25(26(27)31)24-16(2)6-7-19-14-33-36(29(19)24)20-8-9-20/h5-7,12-14,18,20H,1,8-11,15H2,2-4H3/t18-/m1/s1. The van der Waals surface area contributed by atoms with Crippen LogP contribution < -0.4 is 4.90 Å². The zero-order valence-electron chi connectivity index (χ0n) is 21.3. The smallest absolute Gasteiger partial charge is 0.246 e. The van der Waals surface area contributed by atoms with Crippen LogP contribution in [-0.2, 0) is 4.79 Å². The summed E-state index contributed by atoms with van der Waals surface area (Å²) in [5, 5.41) is 6.63. The number of amides is 1. The van der Waals surface area contributed by atoms with Crippen molar-refractivity contribution in [3.8, 4) is 11.1 Å². The molecule has 3 heterocycles. The zero-order valence-corrected chi connectivity index (χ0v) is 22.0. The van der Waals surface area contributed by atoms with Crippen LogP contribution in [0.3, 0.4) is 0 Å². The van der Waals surface area contributed by atoms with Crippen LogP contribution in [0.1, 0.15) is 36.9 Å². The van der Waals surface area contributed by atoms with Gasteiger partial charge in [0.2, 0.25) is 5.91 Å². The molecule has 4 aromatic rings. The average Bonchev–Trinajstić information content (AvgIpc) is 3.63. The van der Waals surface area contributed by atoms with E-state index in [1.54, 1.807) is 6.20 Å². The first-order valence-corrected chi connectivity index (χ1v) is 13.1. The first kappa shape index (κ1) is 23.9. The summed E-state index contributed by atoms with van der Waals surface area (Å²) in [5.74, 6) is -0.492. The maximum atomic E-state index is 16.5. The molecule has 2 aromatic heterocycles. The third-order valence-corrected chi connectivity index (χ3v) is 8.02. The lowest BCUT2D eigenvalue weighted by molar-refractivity contribution is -0.128. The number of hydrogen-bond donors (Lipinski definition) is 0. The normalized spacial score (nSPS) is 18.1. The number of piperazine rings is 1. The van der Waals surface area contributed by atoms with E-state index in [1.165, 1.54) is 6.08 Å². The van der Waals surface area contributed by atoms with Crippen LogP contribution in [0.5, 0.6) is 0 Å². The van der Waals surface area contributed by atoms with Crippen LogP contribution in [0.25, 0.3) is 32.9 Å². The number of rotatable bonds is 4. The quantitative estimate of drug-likeness (QED) is 0.302. The highest BCUT2D eigenvalue weighted by atomic mass is 35.5. The molecule has 1 atom stereocenters. The Balaban J connectivity index is 1.52. The summed E-state index contributed by atoms with van der Waals surface area (Å²) < 4.78 is 18.5. The number of aryl methyl sites for hydroxylation is 2. The van der Waals surface area contributed by atoms with Crippen molar-refractivity contribution in [1.82, 2.24) is 19.7 Å². The lowest BCUT2D eigenvalue weighted by Crippen LogP contribution is -2.53. The van der Waals surface area contributed by atoms with Gasteiger partial charge in [0.25, 0.3) is 0 Å². The highest BCUT2D eigenvalue weighted by Gasteiger charge is 2.31. The van der Waals surface area contributed by atoms with Gasteiger partial charge in [-0.25, -0.2) is 4.39 Å². The molecule has 0 spiro atoms. The number of fused-ring (bicyclic) bond motifs is 2. The van der Waals surface area contributed by atoms with Crippen LogP contribution in [0, 0.1) is 19.7 Å². The van der Waals surface area contributed by atoms with Crippen LogP contribution >= 0.6 is 11.6 Å². The topological polar surface area (TPSA) is 54.3 Å². The number of carbonyl (C=O) groups is 1. The molecular weight excluding hydrogens is 489 g/mol. The van der Waals surface area contributed by atoms with Crippen molar-refractivity contribution in [1.29, 1.82) is 0 Å². The summed E-state index contributed by atoms with van der Waals surface area (Å²) in [6, 6.07) is 6.22. The third kappa shape index (κ3) is 3.79. The van der Waals surface area contributed by atoms with E-state index in [1.807, 2.05) is 54.7 Å². The fourth-order valence-electron chi connectivity index (χ4n) is 5.76. The molecule has 2 aromatic carbocycles. The molecule has 2 fully saturated rings. The number of anilines is 1. The molecule has 190 valence electrons. The predicted octanol–water partition coefficient (Wildman–Crippen LogP) is 6.22. The van der Waals surface area contributed by atoms with Gasteiger partial charge in [-0.3, -0.25) is 14.5 Å². The van der Waals surface area contributed by atoms with E-state index in [0.29, 0.717) is 47.2 Å². The number of pyridine rings is 1. The molecule has 0 bridgehead atoms. The minimum Gasteiger partial charge on any atom is -0.367 e. The lowest BCUT2D eigenvalue weighted by atomic mass is 9.95. The second kappa shape index (κ2) is 8.84. The van der Waals surface area contributed by atoms with Crippen LogP contribution in [0.2, 0.25) is 5.02 Å². The largest absolute Gasteiger partial charge is 0.367 e. The van der Waals surface area contributed by atoms with Gasteiger partial charge < -0.3 is 9.80 Å². The molecular formula is C29H29ClFN5O. The predicted molar refractivity (Wildman–Crippen MR) is 147 cm³/mol. The highest BCUT2D eigenvalue weighted by Crippen LogP contribution is 2.45. The number of hydrogen-bond acceptors (Lipinski definition) is 4. The Morgan fingerprint density at radius 1 is 1.16 bits per heavy atom. The van der Waals surface area contributed by atoms with Crippen molar-refractivity contribution < 1.29 is 9.18 Å². The molecule has 2 aliphatic rings. The Kier molecular flexibility index (Phi) is 5.71. The second-order valence-corrected chi connectivity index (χ2v) is 10.7. The SMILES string of the molecule is C=CC(=O)N1CCN(c2c(C)cnc3c(F)c(-c4c(C)ccc5cnn(C6CC6)c45)c(Cl)cc23)C[C@H]1C. The number of aromatic nitrogens is 3. The average molecular weight is 518 g/mol. The zero-order chi connectivity index (χ0) is 26.0. The van der Waals surface area contributed by atoms with Crippen molar-refractivity contribution in [3.63, 3.8) is 0 Å². The van der Waals surface area contributed by atoms with Gasteiger partial charge in [0, 0.05) is 53.8 Å². The first-order valence-electron chi connectivity index (χ1n) is 12.7. The van der Waals surface area contributed by atoms with E-state index >= 15 is 4.39 Å². The van der Waals surface area contributed by atoms with E-state index in [2.05, 4.69) is 21.6 Å². The Hall–Kier alpha value is -3.45. The van der Waals surface area contributed by atoms with Gasteiger partial charge in [0.05, 0.1) is 28.5 Å². The number of halogens is 2. The summed E-state index contributed by atoms with van der Waals surface area (Å²) in [5.41, 5.74) is 5.17. The van der Waals surface area contributed by atoms with Crippen molar-refractivity contribution in [2.24, 2.45) is 0 Å². The maximum absolute atomic E-state index is 16.5. The number of benzene rings is 2. The fraction of sp³-hybridized carbons (Fsp3) is 0.345. The maximum Gasteiger partial charge on any atom is 0.246 e. The van der Waals surface area contributed by atoms with E-state index in [-0.39, 0.29) is 11.9 Å². The molecule has 6 rings (SSSR count). The summed E-state index contributed by atoms with van der Waals surface area (Å²) in [4.78, 5) is 20.8. The minimum absolute atomic E-state index is 0.00980. The van der Waals surface area contributed by atoms with Crippen LogP contribution in [-0.4, -0.2) is 51.2 Å². The summed E-state index contributed by atoms with van der Waals surface area (Å²) in [6.07, 6.45) is 7.08. The Labute approximate surface area is 220 Å². The van der Waals surface area contributed by atoms with Gasteiger partial charge in [-0.1, -0.05) is 30.3 Å². The first-order chi connectivity index (χ1) is 17.8. The highest BCUT2D eigenvalue weighted by molar-refractivity contribution is 6.35. The van der Waals surface area contributed by atoms with Gasteiger partial charge in [-0.15, -0.1) is 0 Å². The molecule has 0 radical (unpaired) electrons. The van der Waals surface area contributed by atoms with Crippen molar-refractivity contribution in [3.05, 3.63) is 65.2 Å². The van der Waals surface area contributed by atoms with Gasteiger partial charge in [0.1, 0.15) is 5.52 Å². The Morgan fingerprint density at radius 3 is 2.65 bits per heavy atom. The molecule has 1 aliphatic carbocycles. The molecule has 6 nitrogen and oxygen atoms in total. The molecule has 37 heavy (non-hydrogen) atoms. The second-order valence-electron chi connectivity index (χ2n) is 10.3. The van der Waals surface area contributed by atoms with Crippen molar-refractivity contribution >= 4 is 45.0 Å². The van der Waals surface area contributed by atoms with E-state index in [9.17, 15) is 4.79 Å². The number of carbonyl (C=O) groups excluding carboxylic acids is 1. The molecule has 1 saturated heterocycles. The Bertz CT molecular complexity index is 1590. The summed E-state index contributed by atoms with van der Waals surface area (Å²) in [7, 11) is 0. The molecule has 1 saturated carbocycles. The van der Waals surface area contributed by atoms with Crippen LogP contribution in [0.4, 0.5) is 10.1 Å². The van der Waals surface area contributed by atoms with Crippen LogP contribution in [0.15, 0.2) is 43.2 Å². The molecule has 0 N–H and O–H groups in total. The monoisotopic (exact) mass is 517 g/mol. The third-order valence-electron chi connectivity index (χ3n) is 7.72. The van der Waals surface area contributed by atoms with Gasteiger partial charge in [-0.2, -0.15) is 5.10 Å². The Morgan fingerprint density at radius 2 is 1.95 bits per heavy atom. The van der Waals surface area contributed by atoms with E-state index in [4.69, 9.17) is 11.6 Å². The summed E-state index contributed by atoms with van der Waals surface area (Å²) in [6.45, 7) is 11.4. The van der Waals surface area contributed by atoms with Gasteiger partial charge in [0.15, 0.2) is 5.82 Å². The van der Waals surface area contributed by atoms with Gasteiger partial charge >= 0.3 is 0 Å². The molecule has 1 amide bonds. The lowest BCUT2D eigenvalue weighted by Gasteiger charge is -2.41.